The third kappa shape index (κ3) is 3.30. The van der Waals surface area contributed by atoms with Gasteiger partial charge in [0.25, 0.3) is 5.60 Å². The number of hydrogen-bond acceptors (Lipinski definition) is 1. The molecule has 0 unspecified atom stereocenters. The minimum atomic E-state index is -5.59. The van der Waals surface area contributed by atoms with Crippen LogP contribution < -0.4 is 0 Å². The predicted molar refractivity (Wildman–Crippen MR) is 72.9 cm³/mol. The molecule has 20 heavy (non-hydrogen) atoms. The van der Waals surface area contributed by atoms with E-state index in [1.54, 1.807) is 22.6 Å². The maximum absolute atomic E-state index is 13.2. The van der Waals surface area contributed by atoms with E-state index < -0.39 is 32.6 Å². The van der Waals surface area contributed by atoms with Crippen LogP contribution in [-0.2, 0) is 10.0 Å². The van der Waals surface area contributed by atoms with Crippen LogP contribution in [0.4, 0.5) is 26.3 Å². The van der Waals surface area contributed by atoms with Gasteiger partial charge in [-0.15, -0.1) is 0 Å². The van der Waals surface area contributed by atoms with Crippen molar-refractivity contribution in [2.75, 3.05) is 0 Å². The van der Waals surface area contributed by atoms with Gasteiger partial charge in [0.05, 0.1) is 0 Å². The molecule has 114 valence electrons. The smallest absolute Gasteiger partial charge is 0.397 e. The monoisotopic (exact) mass is 428 g/mol. The van der Waals surface area contributed by atoms with E-state index in [0.717, 1.165) is 12.1 Å². The van der Waals surface area contributed by atoms with E-state index in [-0.39, 0.29) is 0 Å². The summed E-state index contributed by atoms with van der Waals surface area (Å²) in [7, 11) is -2.62. The molecule has 0 aliphatic heterocycles. The minimum absolute atomic E-state index is 0.534. The van der Waals surface area contributed by atoms with E-state index in [1.807, 2.05) is 0 Å². The van der Waals surface area contributed by atoms with Crippen molar-refractivity contribution < 1.29 is 30.8 Å². The largest absolute Gasteiger partial charge is 0.429 e. The van der Waals surface area contributed by atoms with Crippen molar-refractivity contribution in [3.05, 3.63) is 33.4 Å². The minimum Gasteiger partial charge on any atom is -0.397 e. The first-order chi connectivity index (χ1) is 8.92. The van der Waals surface area contributed by atoms with E-state index in [4.69, 9.17) is 0 Å². The average Bonchev–Trinajstić information content (AvgIpc) is 2.23. The van der Waals surface area contributed by atoms with Gasteiger partial charge in [-0.1, -0.05) is 12.1 Å². The second-order valence-corrected chi connectivity index (χ2v) is 7.93. The lowest BCUT2D eigenvalue weighted by atomic mass is 9.92. The maximum atomic E-state index is 13.2. The maximum Gasteiger partial charge on any atom is 0.429 e. The van der Waals surface area contributed by atoms with Crippen LogP contribution in [0.5, 0.6) is 0 Å². The standard InChI is InChI=1S/C11H11F6IOSi/c1-20(2)19-9(10(12,13)14,11(15,16)17)7-3-5-8(18)6-4-7/h3-6,20H,1-2H3. The van der Waals surface area contributed by atoms with Crippen molar-refractivity contribution in [1.29, 1.82) is 0 Å². The second kappa shape index (κ2) is 5.83. The van der Waals surface area contributed by atoms with Crippen molar-refractivity contribution in [3.8, 4) is 0 Å². The Balaban J connectivity index is 3.57. The lowest BCUT2D eigenvalue weighted by Crippen LogP contribution is -2.57. The summed E-state index contributed by atoms with van der Waals surface area (Å²) in [5.41, 5.74) is -5.20. The molecule has 1 nitrogen and oxygen atoms in total. The summed E-state index contributed by atoms with van der Waals surface area (Å²) in [6.07, 6.45) is -11.2. The highest BCUT2D eigenvalue weighted by molar-refractivity contribution is 14.1. The van der Waals surface area contributed by atoms with Crippen molar-refractivity contribution in [2.24, 2.45) is 0 Å². The van der Waals surface area contributed by atoms with E-state index in [9.17, 15) is 26.3 Å². The normalized spacial score (nSPS) is 13.9. The number of halogens is 7. The van der Waals surface area contributed by atoms with Gasteiger partial charge in [-0.2, -0.15) is 26.3 Å². The summed E-state index contributed by atoms with van der Waals surface area (Å²) in [6.45, 7) is 2.53. The fourth-order valence-electron chi connectivity index (χ4n) is 1.73. The highest BCUT2D eigenvalue weighted by Gasteiger charge is 2.73. The summed E-state index contributed by atoms with van der Waals surface area (Å²) >= 11 is 1.80. The molecule has 1 aromatic rings. The van der Waals surface area contributed by atoms with Crippen LogP contribution >= 0.6 is 22.6 Å². The van der Waals surface area contributed by atoms with Crippen LogP contribution in [0.25, 0.3) is 0 Å². The Morgan fingerprint density at radius 3 is 1.60 bits per heavy atom. The molecule has 0 fully saturated rings. The summed E-state index contributed by atoms with van der Waals surface area (Å²) < 4.78 is 84.2. The number of alkyl halides is 6. The molecule has 1 aromatic carbocycles. The Labute approximate surface area is 127 Å². The van der Waals surface area contributed by atoms with E-state index in [1.165, 1.54) is 25.2 Å². The molecular formula is C11H11F6IOSi. The summed E-state index contributed by atoms with van der Waals surface area (Å²) in [6, 6.07) is 3.99. The molecule has 0 aromatic heterocycles. The van der Waals surface area contributed by atoms with E-state index in [0.29, 0.717) is 3.57 Å². The van der Waals surface area contributed by atoms with Gasteiger partial charge in [-0.25, -0.2) is 0 Å². The molecule has 0 amide bonds. The Morgan fingerprint density at radius 2 is 1.30 bits per heavy atom. The zero-order valence-electron chi connectivity index (χ0n) is 10.4. The van der Waals surface area contributed by atoms with Crippen molar-refractivity contribution in [2.45, 2.75) is 31.0 Å². The molecule has 0 heterocycles. The van der Waals surface area contributed by atoms with Crippen LogP contribution in [0.15, 0.2) is 24.3 Å². The summed E-state index contributed by atoms with van der Waals surface area (Å²) in [5.74, 6) is 0. The third-order valence-electron chi connectivity index (χ3n) is 2.46. The van der Waals surface area contributed by atoms with Crippen LogP contribution in [0.1, 0.15) is 5.56 Å². The van der Waals surface area contributed by atoms with Crippen LogP contribution in [0.2, 0.25) is 13.1 Å². The molecule has 0 spiro atoms. The quantitative estimate of drug-likeness (QED) is 0.388. The number of rotatable bonds is 3. The van der Waals surface area contributed by atoms with E-state index >= 15 is 0 Å². The number of benzene rings is 1. The summed E-state index contributed by atoms with van der Waals surface area (Å²) in [4.78, 5) is 0. The predicted octanol–water partition coefficient (Wildman–Crippen LogP) is 4.61. The summed E-state index contributed by atoms with van der Waals surface area (Å²) in [5, 5.41) is 0. The van der Waals surface area contributed by atoms with Gasteiger partial charge in [0.15, 0.2) is 9.04 Å². The first-order valence-corrected chi connectivity index (χ1v) is 9.35. The second-order valence-electron chi connectivity index (χ2n) is 4.35. The zero-order chi connectivity index (χ0) is 15.8. The molecule has 0 saturated heterocycles. The van der Waals surface area contributed by atoms with Gasteiger partial charge in [-0.05, 0) is 47.8 Å². The van der Waals surface area contributed by atoms with Gasteiger partial charge >= 0.3 is 12.4 Å². The molecule has 1 rings (SSSR count). The topological polar surface area (TPSA) is 9.23 Å². The Bertz CT molecular complexity index is 439. The van der Waals surface area contributed by atoms with Gasteiger partial charge in [0.2, 0.25) is 0 Å². The van der Waals surface area contributed by atoms with Crippen LogP contribution in [-0.4, -0.2) is 21.4 Å². The first-order valence-electron chi connectivity index (χ1n) is 5.49. The highest BCUT2D eigenvalue weighted by Crippen LogP contribution is 2.53. The van der Waals surface area contributed by atoms with Gasteiger partial charge < -0.3 is 4.43 Å². The van der Waals surface area contributed by atoms with Gasteiger partial charge in [0, 0.05) is 9.13 Å². The van der Waals surface area contributed by atoms with Crippen molar-refractivity contribution in [1.82, 2.24) is 0 Å². The SMILES string of the molecule is C[SiH](C)OC(c1ccc(I)cc1)(C(F)(F)F)C(F)(F)F. The fraction of sp³-hybridized carbons (Fsp3) is 0.455. The Kier molecular flexibility index (Phi) is 5.18. The first kappa shape index (κ1) is 17.8. The van der Waals surface area contributed by atoms with Gasteiger partial charge in [0.1, 0.15) is 0 Å². The van der Waals surface area contributed by atoms with Gasteiger partial charge in [-0.3, -0.25) is 0 Å². The van der Waals surface area contributed by atoms with E-state index in [2.05, 4.69) is 4.43 Å². The molecule has 0 N–H and O–H groups in total. The van der Waals surface area contributed by atoms with Crippen LogP contribution in [0, 0.1) is 3.57 Å². The van der Waals surface area contributed by atoms with Crippen LogP contribution in [0.3, 0.4) is 0 Å². The lowest BCUT2D eigenvalue weighted by Gasteiger charge is -2.39. The Morgan fingerprint density at radius 1 is 0.900 bits per heavy atom. The molecule has 0 atom stereocenters. The highest BCUT2D eigenvalue weighted by atomic mass is 127. The van der Waals surface area contributed by atoms with Crippen molar-refractivity contribution in [3.63, 3.8) is 0 Å². The lowest BCUT2D eigenvalue weighted by molar-refractivity contribution is -0.367. The molecule has 9 heteroatoms. The Hall–Kier alpha value is -0.293. The molecule has 0 bridgehead atoms. The zero-order valence-corrected chi connectivity index (χ0v) is 13.8. The fourth-order valence-corrected chi connectivity index (χ4v) is 3.20. The molecule has 0 saturated carbocycles. The third-order valence-corrected chi connectivity index (χ3v) is 4.01. The van der Waals surface area contributed by atoms with Crippen molar-refractivity contribution >= 4 is 31.6 Å². The molecule has 0 aliphatic rings. The molecule has 0 radical (unpaired) electrons. The average molecular weight is 428 g/mol. The molecule has 0 aliphatic carbocycles. The number of hydrogen-bond donors (Lipinski definition) is 0. The molecular weight excluding hydrogens is 417 g/mol.